The van der Waals surface area contributed by atoms with E-state index in [9.17, 15) is 0 Å². The third-order valence-corrected chi connectivity index (χ3v) is 2.32. The van der Waals surface area contributed by atoms with Crippen molar-refractivity contribution in [2.24, 2.45) is 5.41 Å². The van der Waals surface area contributed by atoms with E-state index in [1.807, 2.05) is 6.92 Å². The summed E-state index contributed by atoms with van der Waals surface area (Å²) < 4.78 is 4.54. The normalized spacial score (nSPS) is 15.7. The van der Waals surface area contributed by atoms with Gasteiger partial charge in [0.25, 0.3) is 0 Å². The van der Waals surface area contributed by atoms with Crippen molar-refractivity contribution in [2.75, 3.05) is 26.8 Å². The van der Waals surface area contributed by atoms with Gasteiger partial charge in [0.05, 0.1) is 0 Å². The molecule has 0 atom stereocenters. The van der Waals surface area contributed by atoms with Crippen LogP contribution >= 0.6 is 0 Å². The lowest BCUT2D eigenvalue weighted by atomic mass is 9.83. The lowest BCUT2D eigenvalue weighted by Crippen LogP contribution is -2.25. The van der Waals surface area contributed by atoms with Gasteiger partial charge in [-0.3, -0.25) is 0 Å². The smallest absolute Gasteiger partial charge is 0.0433 e. The van der Waals surface area contributed by atoms with Crippen LogP contribution in [-0.4, -0.2) is 32.3 Å². The Balaban J connectivity index is 0. The molecule has 0 bridgehead atoms. The molecule has 0 aromatic heterocycles. The Bertz CT molecular complexity index is 169. The summed E-state index contributed by atoms with van der Waals surface area (Å²) >= 11 is 0. The minimum atomic E-state index is 0. The predicted octanol–water partition coefficient (Wildman–Crippen LogP) is 1.78. The van der Waals surface area contributed by atoms with Crippen LogP contribution in [0.2, 0.25) is 0 Å². The SMILES string of the molecule is CC(C)(C)C1=CCNCC1.CCOC.O. The summed E-state index contributed by atoms with van der Waals surface area (Å²) in [4.78, 5) is 0. The van der Waals surface area contributed by atoms with E-state index >= 15 is 0 Å². The van der Waals surface area contributed by atoms with Gasteiger partial charge in [0.1, 0.15) is 0 Å². The van der Waals surface area contributed by atoms with Crippen LogP contribution in [0.15, 0.2) is 11.6 Å². The molecule has 15 heavy (non-hydrogen) atoms. The van der Waals surface area contributed by atoms with Gasteiger partial charge in [0.15, 0.2) is 0 Å². The molecule has 0 amide bonds. The molecule has 1 rings (SSSR count). The summed E-state index contributed by atoms with van der Waals surface area (Å²) in [5.74, 6) is 0. The van der Waals surface area contributed by atoms with Crippen LogP contribution in [0.5, 0.6) is 0 Å². The summed E-state index contributed by atoms with van der Waals surface area (Å²) in [7, 11) is 1.68. The maximum atomic E-state index is 4.54. The Morgan fingerprint density at radius 3 is 2.13 bits per heavy atom. The Hall–Kier alpha value is -0.380. The van der Waals surface area contributed by atoms with E-state index in [0.29, 0.717) is 5.41 Å². The van der Waals surface area contributed by atoms with Crippen molar-refractivity contribution < 1.29 is 10.2 Å². The highest BCUT2D eigenvalue weighted by Crippen LogP contribution is 2.28. The van der Waals surface area contributed by atoms with Gasteiger partial charge in [0, 0.05) is 20.3 Å². The minimum Gasteiger partial charge on any atom is -0.412 e. The van der Waals surface area contributed by atoms with Crippen molar-refractivity contribution in [3.8, 4) is 0 Å². The van der Waals surface area contributed by atoms with Gasteiger partial charge in [-0.2, -0.15) is 0 Å². The fraction of sp³-hybridized carbons (Fsp3) is 0.833. The van der Waals surface area contributed by atoms with Crippen LogP contribution in [0, 0.1) is 5.41 Å². The zero-order valence-electron chi connectivity index (χ0n) is 10.8. The Morgan fingerprint density at radius 2 is 1.93 bits per heavy atom. The van der Waals surface area contributed by atoms with Crippen LogP contribution < -0.4 is 5.32 Å². The van der Waals surface area contributed by atoms with Gasteiger partial charge >= 0.3 is 0 Å². The van der Waals surface area contributed by atoms with Gasteiger partial charge in [-0.25, -0.2) is 0 Å². The largest absolute Gasteiger partial charge is 0.412 e. The topological polar surface area (TPSA) is 52.8 Å². The van der Waals surface area contributed by atoms with Crippen LogP contribution in [0.25, 0.3) is 0 Å². The lowest BCUT2D eigenvalue weighted by molar-refractivity contribution is 0.215. The van der Waals surface area contributed by atoms with Gasteiger partial charge < -0.3 is 15.5 Å². The maximum absolute atomic E-state index is 4.54. The summed E-state index contributed by atoms with van der Waals surface area (Å²) in [5.41, 5.74) is 1.99. The average molecular weight is 217 g/mol. The first-order valence-corrected chi connectivity index (χ1v) is 5.41. The fourth-order valence-corrected chi connectivity index (χ4v) is 1.30. The van der Waals surface area contributed by atoms with E-state index in [2.05, 4.69) is 36.9 Å². The van der Waals surface area contributed by atoms with E-state index in [1.54, 1.807) is 12.7 Å². The highest BCUT2D eigenvalue weighted by Gasteiger charge is 2.17. The third-order valence-electron chi connectivity index (χ3n) is 2.32. The maximum Gasteiger partial charge on any atom is 0.0433 e. The number of hydrogen-bond donors (Lipinski definition) is 1. The highest BCUT2D eigenvalue weighted by molar-refractivity contribution is 5.13. The third kappa shape index (κ3) is 8.60. The van der Waals surface area contributed by atoms with E-state index < -0.39 is 0 Å². The van der Waals surface area contributed by atoms with Crippen molar-refractivity contribution in [2.45, 2.75) is 34.1 Å². The quantitative estimate of drug-likeness (QED) is 0.681. The highest BCUT2D eigenvalue weighted by atomic mass is 16.5. The average Bonchev–Trinajstić information content (AvgIpc) is 2.18. The van der Waals surface area contributed by atoms with E-state index in [-0.39, 0.29) is 5.48 Å². The molecule has 3 nitrogen and oxygen atoms in total. The molecular weight excluding hydrogens is 190 g/mol. The molecule has 0 spiro atoms. The molecule has 0 aliphatic carbocycles. The first kappa shape index (κ1) is 17.0. The van der Waals surface area contributed by atoms with E-state index in [1.165, 1.54) is 6.42 Å². The van der Waals surface area contributed by atoms with Crippen LogP contribution in [0.3, 0.4) is 0 Å². The molecule has 1 heterocycles. The summed E-state index contributed by atoms with van der Waals surface area (Å²) in [6, 6.07) is 0. The Kier molecular flexibility index (Phi) is 10.1. The monoisotopic (exact) mass is 217 g/mol. The second-order valence-electron chi connectivity index (χ2n) is 4.51. The molecule has 0 saturated heterocycles. The Labute approximate surface area is 94.2 Å². The number of ether oxygens (including phenoxy) is 1. The first-order valence-electron chi connectivity index (χ1n) is 5.41. The number of hydrogen-bond acceptors (Lipinski definition) is 2. The standard InChI is InChI=1S/C9H17N.C3H8O.H2O/c1-9(2,3)8-4-6-10-7-5-8;1-3-4-2;/h4,10H,5-7H2,1-3H3;3H2,1-2H3;1H2. The fourth-order valence-electron chi connectivity index (χ4n) is 1.30. The van der Waals surface area contributed by atoms with E-state index in [4.69, 9.17) is 0 Å². The Morgan fingerprint density at radius 1 is 1.40 bits per heavy atom. The van der Waals surface area contributed by atoms with Crippen molar-refractivity contribution >= 4 is 0 Å². The molecule has 0 fully saturated rings. The second-order valence-corrected chi connectivity index (χ2v) is 4.51. The summed E-state index contributed by atoms with van der Waals surface area (Å²) in [6.07, 6.45) is 3.55. The molecule has 1 aliphatic heterocycles. The number of rotatable bonds is 1. The van der Waals surface area contributed by atoms with Gasteiger partial charge in [-0.15, -0.1) is 0 Å². The van der Waals surface area contributed by atoms with Crippen molar-refractivity contribution in [3.63, 3.8) is 0 Å². The second kappa shape index (κ2) is 8.89. The van der Waals surface area contributed by atoms with Crippen LogP contribution in [-0.2, 0) is 4.74 Å². The van der Waals surface area contributed by atoms with Gasteiger partial charge in [0.2, 0.25) is 0 Å². The van der Waals surface area contributed by atoms with Crippen molar-refractivity contribution in [1.29, 1.82) is 0 Å². The number of nitrogens with one attached hydrogen (secondary N) is 1. The first-order chi connectivity index (χ1) is 6.52. The minimum absolute atomic E-state index is 0. The molecule has 0 aromatic carbocycles. The molecule has 0 radical (unpaired) electrons. The molecule has 1 aliphatic rings. The van der Waals surface area contributed by atoms with Gasteiger partial charge in [-0.05, 0) is 25.3 Å². The summed E-state index contributed by atoms with van der Waals surface area (Å²) in [5, 5.41) is 3.31. The molecular formula is C12H27NO2. The number of methoxy groups -OCH3 is 1. The van der Waals surface area contributed by atoms with Crippen molar-refractivity contribution in [1.82, 2.24) is 5.32 Å². The molecule has 3 N–H and O–H groups in total. The molecule has 92 valence electrons. The predicted molar refractivity (Wildman–Crippen MR) is 66.2 cm³/mol. The molecule has 3 heteroatoms. The van der Waals surface area contributed by atoms with Crippen molar-refractivity contribution in [3.05, 3.63) is 11.6 Å². The van der Waals surface area contributed by atoms with Crippen LogP contribution in [0.1, 0.15) is 34.1 Å². The van der Waals surface area contributed by atoms with Gasteiger partial charge in [-0.1, -0.05) is 32.4 Å². The van der Waals surface area contributed by atoms with E-state index in [0.717, 1.165) is 19.7 Å². The summed E-state index contributed by atoms with van der Waals surface area (Å²) in [6.45, 7) is 11.8. The molecule has 0 unspecified atom stereocenters. The lowest BCUT2D eigenvalue weighted by Gasteiger charge is -2.26. The zero-order valence-corrected chi connectivity index (χ0v) is 10.8. The molecule has 0 aromatic rings. The zero-order chi connectivity index (χ0) is 11.0. The molecule has 0 saturated carbocycles. The van der Waals surface area contributed by atoms with Crippen LogP contribution in [0.4, 0.5) is 0 Å².